The average molecular weight is 296 g/mol. The van der Waals surface area contributed by atoms with E-state index in [1.165, 1.54) is 18.4 Å². The third kappa shape index (κ3) is 2.12. The Labute approximate surface area is 130 Å². The highest BCUT2D eigenvalue weighted by Gasteiger charge is 2.32. The van der Waals surface area contributed by atoms with E-state index < -0.39 is 0 Å². The summed E-state index contributed by atoms with van der Waals surface area (Å²) in [4.78, 5) is 18.8. The van der Waals surface area contributed by atoms with Crippen LogP contribution in [-0.4, -0.2) is 27.2 Å². The number of pyridine rings is 1. The molecule has 5 heteroatoms. The fourth-order valence-corrected chi connectivity index (χ4v) is 3.35. The van der Waals surface area contributed by atoms with Crippen molar-refractivity contribution >= 4 is 11.6 Å². The number of hydrogen-bond donors (Lipinski definition) is 0. The highest BCUT2D eigenvalue weighted by Crippen LogP contribution is 2.39. The van der Waals surface area contributed by atoms with E-state index in [0.717, 1.165) is 23.7 Å². The van der Waals surface area contributed by atoms with Crippen molar-refractivity contribution in [3.05, 3.63) is 41.5 Å². The molecule has 0 bridgehead atoms. The van der Waals surface area contributed by atoms with Crippen LogP contribution in [0.4, 0.5) is 5.69 Å². The monoisotopic (exact) mass is 296 g/mol. The molecule has 1 unspecified atom stereocenters. The highest BCUT2D eigenvalue weighted by molar-refractivity contribution is 6.06. The molecule has 0 spiro atoms. The van der Waals surface area contributed by atoms with E-state index in [9.17, 15) is 4.79 Å². The van der Waals surface area contributed by atoms with Crippen LogP contribution in [0.25, 0.3) is 0 Å². The van der Waals surface area contributed by atoms with Gasteiger partial charge in [-0.2, -0.15) is 5.10 Å². The highest BCUT2D eigenvalue weighted by atomic mass is 16.2. The van der Waals surface area contributed by atoms with E-state index in [0.29, 0.717) is 18.3 Å². The maximum atomic E-state index is 12.8. The van der Waals surface area contributed by atoms with Gasteiger partial charge in [-0.05, 0) is 56.7 Å². The molecule has 1 amide bonds. The van der Waals surface area contributed by atoms with Gasteiger partial charge in [-0.25, -0.2) is 0 Å². The molecule has 0 saturated heterocycles. The van der Waals surface area contributed by atoms with E-state index >= 15 is 0 Å². The van der Waals surface area contributed by atoms with Gasteiger partial charge in [0.1, 0.15) is 0 Å². The Morgan fingerprint density at radius 3 is 3.00 bits per heavy atom. The van der Waals surface area contributed by atoms with Crippen LogP contribution in [0.2, 0.25) is 0 Å². The van der Waals surface area contributed by atoms with Crippen LogP contribution in [0, 0.1) is 12.8 Å². The number of hydrogen-bond acceptors (Lipinski definition) is 3. The van der Waals surface area contributed by atoms with Crippen LogP contribution < -0.4 is 4.90 Å². The van der Waals surface area contributed by atoms with Crippen molar-refractivity contribution in [2.24, 2.45) is 5.92 Å². The summed E-state index contributed by atoms with van der Waals surface area (Å²) in [5, 5.41) is 4.59. The lowest BCUT2D eigenvalue weighted by atomic mass is 10.2. The molecule has 5 nitrogen and oxygen atoms in total. The van der Waals surface area contributed by atoms with Crippen LogP contribution >= 0.6 is 0 Å². The minimum atomic E-state index is -0.0170. The first-order valence-electron chi connectivity index (χ1n) is 7.96. The first-order valence-corrected chi connectivity index (χ1v) is 7.96. The second-order valence-electron chi connectivity index (χ2n) is 6.40. The Kier molecular flexibility index (Phi) is 3.03. The summed E-state index contributed by atoms with van der Waals surface area (Å²) < 4.78 is 2.02. The number of carbonyl (C=O) groups excluding carboxylic acids is 1. The summed E-state index contributed by atoms with van der Waals surface area (Å²) in [6.45, 7) is 4.94. The summed E-state index contributed by atoms with van der Waals surface area (Å²) in [6, 6.07) is 4.28. The van der Waals surface area contributed by atoms with Crippen molar-refractivity contribution in [1.82, 2.24) is 14.8 Å². The van der Waals surface area contributed by atoms with Crippen LogP contribution in [0.1, 0.15) is 47.6 Å². The molecule has 22 heavy (non-hydrogen) atoms. The second kappa shape index (κ2) is 4.93. The number of carbonyl (C=O) groups is 1. The van der Waals surface area contributed by atoms with Gasteiger partial charge in [0, 0.05) is 18.4 Å². The maximum Gasteiger partial charge on any atom is 0.278 e. The average Bonchev–Trinajstić information content (AvgIpc) is 3.18. The van der Waals surface area contributed by atoms with Crippen molar-refractivity contribution in [3.8, 4) is 0 Å². The molecule has 1 aliphatic heterocycles. The van der Waals surface area contributed by atoms with Crippen molar-refractivity contribution in [3.63, 3.8) is 0 Å². The minimum absolute atomic E-state index is 0.0170. The summed E-state index contributed by atoms with van der Waals surface area (Å²) in [5.41, 5.74) is 3.72. The molecule has 2 aromatic heterocycles. The number of rotatable bonds is 3. The SMILES string of the molecule is Cc1cc(C(=O)N2CCc3ccncc32)nn1C(C)C1CC1. The Morgan fingerprint density at radius 1 is 1.41 bits per heavy atom. The van der Waals surface area contributed by atoms with Gasteiger partial charge >= 0.3 is 0 Å². The van der Waals surface area contributed by atoms with Crippen LogP contribution in [0.3, 0.4) is 0 Å². The van der Waals surface area contributed by atoms with Crippen molar-refractivity contribution < 1.29 is 4.79 Å². The zero-order valence-electron chi connectivity index (χ0n) is 13.0. The number of fused-ring (bicyclic) bond motifs is 1. The molecule has 0 radical (unpaired) electrons. The van der Waals surface area contributed by atoms with Gasteiger partial charge < -0.3 is 4.90 Å². The Bertz CT molecular complexity index is 732. The van der Waals surface area contributed by atoms with Gasteiger partial charge in [-0.3, -0.25) is 14.5 Å². The third-order valence-corrected chi connectivity index (χ3v) is 4.86. The molecule has 0 N–H and O–H groups in total. The quantitative estimate of drug-likeness (QED) is 0.875. The zero-order chi connectivity index (χ0) is 15.3. The number of aryl methyl sites for hydroxylation is 1. The lowest BCUT2D eigenvalue weighted by molar-refractivity contribution is 0.0983. The summed E-state index contributed by atoms with van der Waals surface area (Å²) in [6.07, 6.45) is 6.99. The molecule has 2 aromatic rings. The predicted molar refractivity (Wildman–Crippen MR) is 84.0 cm³/mol. The number of aromatic nitrogens is 3. The molecule has 2 aliphatic rings. The molecule has 1 atom stereocenters. The van der Waals surface area contributed by atoms with Crippen molar-refractivity contribution in [2.75, 3.05) is 11.4 Å². The standard InChI is InChI=1S/C17H20N4O/c1-11-9-15(19-21(11)12(2)13-3-4-13)17(22)20-8-6-14-5-7-18-10-16(14)20/h5,7,9-10,12-13H,3-4,6,8H2,1-2H3. The first kappa shape index (κ1) is 13.5. The molecule has 1 fully saturated rings. The van der Waals surface area contributed by atoms with Crippen LogP contribution in [0.5, 0.6) is 0 Å². The van der Waals surface area contributed by atoms with Gasteiger partial charge in [0.15, 0.2) is 5.69 Å². The van der Waals surface area contributed by atoms with E-state index in [1.807, 2.05) is 23.7 Å². The van der Waals surface area contributed by atoms with Gasteiger partial charge in [-0.15, -0.1) is 0 Å². The summed E-state index contributed by atoms with van der Waals surface area (Å²) in [7, 11) is 0. The smallest absolute Gasteiger partial charge is 0.278 e. The van der Waals surface area contributed by atoms with Gasteiger partial charge in [0.05, 0.1) is 17.9 Å². The van der Waals surface area contributed by atoms with E-state index in [1.54, 1.807) is 17.3 Å². The fraction of sp³-hybridized carbons (Fsp3) is 0.471. The van der Waals surface area contributed by atoms with E-state index in [-0.39, 0.29) is 5.91 Å². The Morgan fingerprint density at radius 2 is 2.23 bits per heavy atom. The Balaban J connectivity index is 1.63. The number of nitrogens with zero attached hydrogens (tertiary/aromatic N) is 4. The molecule has 3 heterocycles. The largest absolute Gasteiger partial charge is 0.305 e. The number of amides is 1. The molecular formula is C17H20N4O. The van der Waals surface area contributed by atoms with Gasteiger partial charge in [0.25, 0.3) is 5.91 Å². The maximum absolute atomic E-state index is 12.8. The minimum Gasteiger partial charge on any atom is -0.305 e. The molecule has 4 rings (SSSR count). The van der Waals surface area contributed by atoms with E-state index in [2.05, 4.69) is 17.0 Å². The lowest BCUT2D eigenvalue weighted by Crippen LogP contribution is -2.29. The zero-order valence-corrected chi connectivity index (χ0v) is 13.0. The van der Waals surface area contributed by atoms with Gasteiger partial charge in [0.2, 0.25) is 0 Å². The topological polar surface area (TPSA) is 51.0 Å². The molecule has 1 aliphatic carbocycles. The molecule has 0 aromatic carbocycles. The fourth-order valence-electron chi connectivity index (χ4n) is 3.35. The van der Waals surface area contributed by atoms with Crippen molar-refractivity contribution in [1.29, 1.82) is 0 Å². The van der Waals surface area contributed by atoms with Crippen molar-refractivity contribution in [2.45, 2.75) is 39.2 Å². The van der Waals surface area contributed by atoms with Gasteiger partial charge in [-0.1, -0.05) is 0 Å². The molecule has 1 saturated carbocycles. The van der Waals surface area contributed by atoms with E-state index in [4.69, 9.17) is 0 Å². The Hall–Kier alpha value is -2.17. The van der Waals surface area contributed by atoms with Crippen LogP contribution in [-0.2, 0) is 6.42 Å². The lowest BCUT2D eigenvalue weighted by Gasteiger charge is -2.15. The van der Waals surface area contributed by atoms with Crippen LogP contribution in [0.15, 0.2) is 24.5 Å². The normalized spacial score (nSPS) is 18.4. The summed E-state index contributed by atoms with van der Waals surface area (Å²) >= 11 is 0. The summed E-state index contributed by atoms with van der Waals surface area (Å²) in [5.74, 6) is 0.704. The first-order chi connectivity index (χ1) is 10.6. The molecular weight excluding hydrogens is 276 g/mol. The predicted octanol–water partition coefficient (Wildman–Crippen LogP) is 2.76. The second-order valence-corrected chi connectivity index (χ2v) is 6.40. The third-order valence-electron chi connectivity index (χ3n) is 4.86. The number of anilines is 1. The molecule has 114 valence electrons.